The van der Waals surface area contributed by atoms with Crippen LogP contribution in [0.2, 0.25) is 0 Å². The molecule has 2 N–H and O–H groups in total. The number of anilines is 1. The molecule has 3 rings (SSSR count). The number of ether oxygens (including phenoxy) is 1. The van der Waals surface area contributed by atoms with Crippen molar-refractivity contribution >= 4 is 35.0 Å². The number of amides is 3. The monoisotopic (exact) mass is 399 g/mol. The van der Waals surface area contributed by atoms with Gasteiger partial charge in [0, 0.05) is 30.6 Å². The molecule has 2 heterocycles. The lowest BCUT2D eigenvalue weighted by Gasteiger charge is -2.32. The molecule has 1 saturated heterocycles. The number of urea groups is 1. The van der Waals surface area contributed by atoms with Crippen LogP contribution in [-0.4, -0.2) is 43.6 Å². The van der Waals surface area contributed by atoms with Crippen LogP contribution in [-0.2, 0) is 4.79 Å². The van der Waals surface area contributed by atoms with Crippen molar-refractivity contribution in [2.45, 2.75) is 12.8 Å². The lowest BCUT2D eigenvalue weighted by atomic mass is 9.97. The Morgan fingerprint density at radius 2 is 2.00 bits per heavy atom. The van der Waals surface area contributed by atoms with Gasteiger partial charge in [-0.3, -0.25) is 4.79 Å². The maximum absolute atomic E-state index is 12.5. The number of thiophene rings is 1. The largest absolute Gasteiger partial charge is 0.495 e. The Morgan fingerprint density at radius 1 is 1.21 bits per heavy atom. The van der Waals surface area contributed by atoms with Gasteiger partial charge in [0.05, 0.1) is 12.8 Å². The zero-order valence-electron chi connectivity index (χ0n) is 15.9. The second kappa shape index (κ2) is 9.94. The second-order valence-corrected chi connectivity index (χ2v) is 7.63. The highest BCUT2D eigenvalue weighted by atomic mass is 32.1. The van der Waals surface area contributed by atoms with E-state index in [4.69, 9.17) is 4.74 Å². The van der Waals surface area contributed by atoms with E-state index in [1.165, 1.54) is 0 Å². The Kier molecular flexibility index (Phi) is 7.08. The van der Waals surface area contributed by atoms with Crippen molar-refractivity contribution in [2.75, 3.05) is 32.1 Å². The van der Waals surface area contributed by atoms with Crippen LogP contribution in [0.15, 0.2) is 47.9 Å². The topological polar surface area (TPSA) is 70.7 Å². The van der Waals surface area contributed by atoms with Gasteiger partial charge in [-0.2, -0.15) is 0 Å². The third-order valence-electron chi connectivity index (χ3n) is 4.76. The van der Waals surface area contributed by atoms with E-state index in [0.717, 1.165) is 17.7 Å². The fraction of sp³-hybridized carbons (Fsp3) is 0.333. The van der Waals surface area contributed by atoms with Gasteiger partial charge >= 0.3 is 6.03 Å². The average molecular weight is 400 g/mol. The predicted molar refractivity (Wildman–Crippen MR) is 113 cm³/mol. The van der Waals surface area contributed by atoms with Gasteiger partial charge in [0.1, 0.15) is 5.75 Å². The number of methoxy groups -OCH3 is 1. The number of carbonyl (C=O) groups excluding carboxylic acids is 2. The molecular formula is C21H25N3O3S. The quantitative estimate of drug-likeness (QED) is 0.725. The highest BCUT2D eigenvalue weighted by molar-refractivity contribution is 7.10. The predicted octanol–water partition coefficient (Wildman–Crippen LogP) is 3.83. The molecule has 1 aliphatic rings. The van der Waals surface area contributed by atoms with Crippen molar-refractivity contribution in [3.63, 3.8) is 0 Å². The standard InChI is InChI=1S/C21H25N3O3S/c1-27-19-7-3-2-6-18(19)23-21(26)24-12-10-16(11-13-24)15-22-20(25)9-8-17-5-4-14-28-17/h2-9,14,16H,10-13,15H2,1H3,(H,22,25)(H,23,26)/b9-8+. The van der Waals surface area contributed by atoms with Crippen LogP contribution in [0.5, 0.6) is 5.75 Å². The normalized spacial score (nSPS) is 14.8. The summed E-state index contributed by atoms with van der Waals surface area (Å²) in [5.41, 5.74) is 0.668. The molecule has 1 aliphatic heterocycles. The first-order valence-electron chi connectivity index (χ1n) is 9.34. The zero-order valence-corrected chi connectivity index (χ0v) is 16.7. The van der Waals surface area contributed by atoms with Crippen molar-refractivity contribution in [3.05, 3.63) is 52.7 Å². The van der Waals surface area contributed by atoms with Gasteiger partial charge in [-0.25, -0.2) is 4.79 Å². The summed E-state index contributed by atoms with van der Waals surface area (Å²) in [4.78, 5) is 27.3. The molecule has 1 aromatic heterocycles. The Balaban J connectivity index is 1.40. The third-order valence-corrected chi connectivity index (χ3v) is 5.59. The summed E-state index contributed by atoms with van der Waals surface area (Å²) in [6, 6.07) is 11.2. The molecule has 0 saturated carbocycles. The summed E-state index contributed by atoms with van der Waals surface area (Å²) in [6.07, 6.45) is 5.13. The Hall–Kier alpha value is -2.80. The Bertz CT molecular complexity index is 812. The highest BCUT2D eigenvalue weighted by Gasteiger charge is 2.23. The first kappa shape index (κ1) is 19.9. The van der Waals surface area contributed by atoms with E-state index in [9.17, 15) is 9.59 Å². The van der Waals surface area contributed by atoms with Crippen LogP contribution in [0.25, 0.3) is 6.08 Å². The van der Waals surface area contributed by atoms with E-state index in [1.54, 1.807) is 29.4 Å². The number of para-hydroxylation sites is 2. The van der Waals surface area contributed by atoms with Gasteiger partial charge < -0.3 is 20.3 Å². The van der Waals surface area contributed by atoms with Crippen molar-refractivity contribution < 1.29 is 14.3 Å². The second-order valence-electron chi connectivity index (χ2n) is 6.65. The number of nitrogens with zero attached hydrogens (tertiary/aromatic N) is 1. The Morgan fingerprint density at radius 3 is 2.71 bits per heavy atom. The van der Waals surface area contributed by atoms with Gasteiger partial charge in [-0.15, -0.1) is 11.3 Å². The van der Waals surface area contributed by atoms with Gasteiger partial charge in [-0.05, 0) is 48.4 Å². The van der Waals surface area contributed by atoms with Crippen molar-refractivity contribution in [1.82, 2.24) is 10.2 Å². The van der Waals surface area contributed by atoms with Crippen LogP contribution in [0, 0.1) is 5.92 Å². The molecular weight excluding hydrogens is 374 g/mol. The van der Waals surface area contributed by atoms with E-state index < -0.39 is 0 Å². The maximum Gasteiger partial charge on any atom is 0.321 e. The number of hydrogen-bond donors (Lipinski definition) is 2. The highest BCUT2D eigenvalue weighted by Crippen LogP contribution is 2.24. The number of piperidine rings is 1. The van der Waals surface area contributed by atoms with Crippen molar-refractivity contribution in [1.29, 1.82) is 0 Å². The molecule has 0 radical (unpaired) electrons. The summed E-state index contributed by atoms with van der Waals surface area (Å²) >= 11 is 1.60. The molecule has 7 heteroatoms. The number of nitrogens with one attached hydrogen (secondary N) is 2. The average Bonchev–Trinajstić information content (AvgIpc) is 3.25. The smallest absolute Gasteiger partial charge is 0.321 e. The zero-order chi connectivity index (χ0) is 19.8. The molecule has 0 atom stereocenters. The van der Waals surface area contributed by atoms with E-state index in [1.807, 2.05) is 47.9 Å². The number of likely N-dealkylation sites (tertiary alicyclic amines) is 1. The number of hydrogen-bond acceptors (Lipinski definition) is 4. The molecule has 3 amide bonds. The van der Waals surface area contributed by atoms with Crippen LogP contribution >= 0.6 is 11.3 Å². The summed E-state index contributed by atoms with van der Waals surface area (Å²) < 4.78 is 5.27. The minimum absolute atomic E-state index is 0.0789. The fourth-order valence-electron chi connectivity index (χ4n) is 3.13. The van der Waals surface area contributed by atoms with Gasteiger partial charge in [0.15, 0.2) is 0 Å². The van der Waals surface area contributed by atoms with Gasteiger partial charge in [-0.1, -0.05) is 18.2 Å². The number of rotatable bonds is 6. The summed E-state index contributed by atoms with van der Waals surface area (Å²) in [5, 5.41) is 7.85. The molecule has 28 heavy (non-hydrogen) atoms. The molecule has 6 nitrogen and oxygen atoms in total. The molecule has 148 valence electrons. The summed E-state index contributed by atoms with van der Waals surface area (Å²) in [5.74, 6) is 0.947. The van der Waals surface area contributed by atoms with E-state index in [2.05, 4.69) is 10.6 Å². The molecule has 1 fully saturated rings. The minimum atomic E-state index is -0.120. The van der Waals surface area contributed by atoms with E-state index in [-0.39, 0.29) is 11.9 Å². The molecule has 1 aromatic carbocycles. The first-order chi connectivity index (χ1) is 13.7. The van der Waals surface area contributed by atoms with Crippen LogP contribution in [0.4, 0.5) is 10.5 Å². The lowest BCUT2D eigenvalue weighted by molar-refractivity contribution is -0.116. The van der Waals surface area contributed by atoms with Crippen LogP contribution < -0.4 is 15.4 Å². The molecule has 0 aliphatic carbocycles. The van der Waals surface area contributed by atoms with E-state index in [0.29, 0.717) is 37.0 Å². The van der Waals surface area contributed by atoms with Crippen LogP contribution in [0.3, 0.4) is 0 Å². The van der Waals surface area contributed by atoms with Gasteiger partial charge in [0.2, 0.25) is 5.91 Å². The molecule has 0 spiro atoms. The van der Waals surface area contributed by atoms with Gasteiger partial charge in [0.25, 0.3) is 0 Å². The van der Waals surface area contributed by atoms with Crippen molar-refractivity contribution in [2.24, 2.45) is 5.92 Å². The first-order valence-corrected chi connectivity index (χ1v) is 10.2. The molecule has 2 aromatic rings. The SMILES string of the molecule is COc1ccccc1NC(=O)N1CCC(CNC(=O)/C=C/c2cccs2)CC1. The molecule has 0 bridgehead atoms. The maximum atomic E-state index is 12.5. The molecule has 0 unspecified atom stereocenters. The fourth-order valence-corrected chi connectivity index (χ4v) is 3.75. The van der Waals surface area contributed by atoms with Crippen LogP contribution in [0.1, 0.15) is 17.7 Å². The van der Waals surface area contributed by atoms with E-state index >= 15 is 0 Å². The minimum Gasteiger partial charge on any atom is -0.495 e. The Labute approximate surface area is 169 Å². The van der Waals surface area contributed by atoms with Crippen molar-refractivity contribution in [3.8, 4) is 5.75 Å². The lowest BCUT2D eigenvalue weighted by Crippen LogP contribution is -2.43. The number of benzene rings is 1. The number of carbonyl (C=O) groups is 2. The summed E-state index contributed by atoms with van der Waals surface area (Å²) in [6.45, 7) is 1.98. The third kappa shape index (κ3) is 5.60. The summed E-state index contributed by atoms with van der Waals surface area (Å²) in [7, 11) is 1.58.